The molecular weight excluding hydrogens is 317 g/mol. The van der Waals surface area contributed by atoms with Crippen molar-refractivity contribution in [3.63, 3.8) is 0 Å². The molecule has 0 unspecified atom stereocenters. The second kappa shape index (κ2) is 6.65. The van der Waals surface area contributed by atoms with E-state index in [1.165, 1.54) is 0 Å². The van der Waals surface area contributed by atoms with Crippen LogP contribution in [0.3, 0.4) is 0 Å². The molecular formula is C14H19Cl2NO2S. The topological polar surface area (TPSA) is 46.2 Å². The SMILES string of the molecule is CC1CCC(NS(=O)(=O)Cc2ccc(Cl)c(Cl)c2)CC1. The first-order valence-corrected chi connectivity index (χ1v) is 9.20. The van der Waals surface area contributed by atoms with Gasteiger partial charge in [-0.25, -0.2) is 13.1 Å². The average molecular weight is 336 g/mol. The molecule has 6 heteroatoms. The van der Waals surface area contributed by atoms with Gasteiger partial charge in [-0.15, -0.1) is 0 Å². The van der Waals surface area contributed by atoms with E-state index in [2.05, 4.69) is 11.6 Å². The van der Waals surface area contributed by atoms with Gasteiger partial charge in [0.25, 0.3) is 0 Å². The number of hydrogen-bond donors (Lipinski definition) is 1. The molecule has 20 heavy (non-hydrogen) atoms. The van der Waals surface area contributed by atoms with Crippen LogP contribution in [0, 0.1) is 5.92 Å². The second-order valence-corrected chi connectivity index (χ2v) is 8.15. The lowest BCUT2D eigenvalue weighted by atomic mass is 9.88. The molecule has 1 aromatic rings. The Kier molecular flexibility index (Phi) is 5.35. The Balaban J connectivity index is 1.98. The highest BCUT2D eigenvalue weighted by molar-refractivity contribution is 7.88. The smallest absolute Gasteiger partial charge is 0.212 e. The molecule has 0 saturated heterocycles. The maximum absolute atomic E-state index is 12.2. The van der Waals surface area contributed by atoms with Crippen molar-refractivity contribution in [3.8, 4) is 0 Å². The molecule has 0 spiro atoms. The number of hydrogen-bond acceptors (Lipinski definition) is 2. The minimum absolute atomic E-state index is 0.0596. The summed E-state index contributed by atoms with van der Waals surface area (Å²) in [6.45, 7) is 2.21. The van der Waals surface area contributed by atoms with Gasteiger partial charge in [-0.1, -0.05) is 36.2 Å². The molecule has 1 aromatic carbocycles. The molecule has 1 aliphatic rings. The summed E-state index contributed by atoms with van der Waals surface area (Å²) in [5, 5.41) is 0.813. The number of sulfonamides is 1. The summed E-state index contributed by atoms with van der Waals surface area (Å²) in [6.07, 6.45) is 4.00. The zero-order valence-electron chi connectivity index (χ0n) is 11.4. The quantitative estimate of drug-likeness (QED) is 0.904. The summed E-state index contributed by atoms with van der Waals surface area (Å²) in [4.78, 5) is 0. The number of benzene rings is 1. The van der Waals surface area contributed by atoms with E-state index in [1.54, 1.807) is 18.2 Å². The van der Waals surface area contributed by atoms with Gasteiger partial charge in [0.2, 0.25) is 10.0 Å². The Labute approximate surface area is 130 Å². The van der Waals surface area contributed by atoms with Gasteiger partial charge in [0.05, 0.1) is 15.8 Å². The molecule has 1 fully saturated rings. The van der Waals surface area contributed by atoms with Crippen LogP contribution in [-0.4, -0.2) is 14.5 Å². The maximum atomic E-state index is 12.2. The minimum Gasteiger partial charge on any atom is -0.212 e. The Morgan fingerprint density at radius 3 is 2.40 bits per heavy atom. The van der Waals surface area contributed by atoms with Crippen LogP contribution in [0.25, 0.3) is 0 Å². The third kappa shape index (κ3) is 4.62. The zero-order valence-corrected chi connectivity index (χ0v) is 13.7. The van der Waals surface area contributed by atoms with Gasteiger partial charge in [-0.2, -0.15) is 0 Å². The molecule has 0 aromatic heterocycles. The highest BCUT2D eigenvalue weighted by Gasteiger charge is 2.23. The lowest BCUT2D eigenvalue weighted by Gasteiger charge is -2.26. The molecule has 1 saturated carbocycles. The van der Waals surface area contributed by atoms with Crippen LogP contribution < -0.4 is 4.72 Å². The van der Waals surface area contributed by atoms with Crippen LogP contribution in [-0.2, 0) is 15.8 Å². The first-order chi connectivity index (χ1) is 9.35. The van der Waals surface area contributed by atoms with E-state index < -0.39 is 10.0 Å². The minimum atomic E-state index is -3.33. The Hall–Kier alpha value is -0.290. The van der Waals surface area contributed by atoms with E-state index in [0.717, 1.165) is 25.7 Å². The van der Waals surface area contributed by atoms with Crippen molar-refractivity contribution in [2.45, 2.75) is 44.4 Å². The molecule has 0 heterocycles. The molecule has 112 valence electrons. The highest BCUT2D eigenvalue weighted by atomic mass is 35.5. The predicted molar refractivity (Wildman–Crippen MR) is 83.6 cm³/mol. The fourth-order valence-electron chi connectivity index (χ4n) is 2.52. The first-order valence-electron chi connectivity index (χ1n) is 6.79. The van der Waals surface area contributed by atoms with Gasteiger partial charge in [0.15, 0.2) is 0 Å². The average Bonchev–Trinajstić information content (AvgIpc) is 2.36. The van der Waals surface area contributed by atoms with Crippen molar-refractivity contribution in [1.82, 2.24) is 4.72 Å². The fourth-order valence-corrected chi connectivity index (χ4v) is 4.29. The number of nitrogens with one attached hydrogen (secondary N) is 1. The van der Waals surface area contributed by atoms with E-state index in [-0.39, 0.29) is 11.8 Å². The summed E-state index contributed by atoms with van der Waals surface area (Å²) >= 11 is 11.7. The van der Waals surface area contributed by atoms with E-state index in [4.69, 9.17) is 23.2 Å². The van der Waals surface area contributed by atoms with Crippen molar-refractivity contribution < 1.29 is 8.42 Å². The molecule has 0 bridgehead atoms. The van der Waals surface area contributed by atoms with Crippen LogP contribution in [0.15, 0.2) is 18.2 Å². The molecule has 1 aliphatic carbocycles. The molecule has 0 atom stereocenters. The lowest BCUT2D eigenvalue weighted by molar-refractivity contribution is 0.332. The molecule has 0 amide bonds. The standard InChI is InChI=1S/C14H19Cl2NO2S/c1-10-2-5-12(6-3-10)17-20(18,19)9-11-4-7-13(15)14(16)8-11/h4,7-8,10,12,17H,2-3,5-6,9H2,1H3. The van der Waals surface area contributed by atoms with Gasteiger partial charge in [-0.05, 0) is 49.3 Å². The van der Waals surface area contributed by atoms with Gasteiger partial charge in [0.1, 0.15) is 0 Å². The number of rotatable bonds is 4. The van der Waals surface area contributed by atoms with Crippen molar-refractivity contribution >= 4 is 33.2 Å². The molecule has 3 nitrogen and oxygen atoms in total. The fraction of sp³-hybridized carbons (Fsp3) is 0.571. The van der Waals surface area contributed by atoms with E-state index >= 15 is 0 Å². The summed E-state index contributed by atoms with van der Waals surface area (Å²) in [5.41, 5.74) is 0.649. The largest absolute Gasteiger partial charge is 0.216 e. The first kappa shape index (κ1) is 16.1. The Morgan fingerprint density at radius 2 is 1.80 bits per heavy atom. The van der Waals surface area contributed by atoms with Crippen molar-refractivity contribution in [2.75, 3.05) is 0 Å². The molecule has 2 rings (SSSR count). The second-order valence-electron chi connectivity index (χ2n) is 5.58. The molecule has 0 aliphatic heterocycles. The van der Waals surface area contributed by atoms with E-state index in [9.17, 15) is 8.42 Å². The van der Waals surface area contributed by atoms with Crippen molar-refractivity contribution in [1.29, 1.82) is 0 Å². The summed E-state index contributed by atoms with van der Waals surface area (Å²) in [7, 11) is -3.33. The van der Waals surface area contributed by atoms with Gasteiger partial charge < -0.3 is 0 Å². The van der Waals surface area contributed by atoms with Crippen LogP contribution in [0.1, 0.15) is 38.2 Å². The molecule has 1 N–H and O–H groups in total. The van der Waals surface area contributed by atoms with Gasteiger partial charge in [-0.3, -0.25) is 0 Å². The third-order valence-electron chi connectivity index (χ3n) is 3.70. The number of halogens is 2. The Bertz CT molecular complexity index is 567. The normalized spacial score (nSPS) is 23.8. The summed E-state index contributed by atoms with van der Waals surface area (Å²) in [6, 6.07) is 4.98. The van der Waals surface area contributed by atoms with Crippen molar-refractivity contribution in [2.24, 2.45) is 5.92 Å². The van der Waals surface area contributed by atoms with Gasteiger partial charge >= 0.3 is 0 Å². The lowest BCUT2D eigenvalue weighted by Crippen LogP contribution is -2.37. The van der Waals surface area contributed by atoms with E-state index in [1.807, 2.05) is 0 Å². The predicted octanol–water partition coefficient (Wildman–Crippen LogP) is 3.99. The maximum Gasteiger partial charge on any atom is 0.216 e. The highest BCUT2D eigenvalue weighted by Crippen LogP contribution is 2.25. The van der Waals surface area contributed by atoms with Crippen LogP contribution in [0.4, 0.5) is 0 Å². The zero-order chi connectivity index (χ0) is 14.8. The van der Waals surface area contributed by atoms with Crippen LogP contribution >= 0.6 is 23.2 Å². The van der Waals surface area contributed by atoms with Crippen LogP contribution in [0.5, 0.6) is 0 Å². The summed E-state index contributed by atoms with van der Waals surface area (Å²) < 4.78 is 27.1. The molecule has 0 radical (unpaired) electrons. The third-order valence-corrected chi connectivity index (χ3v) is 5.85. The van der Waals surface area contributed by atoms with E-state index in [0.29, 0.717) is 21.5 Å². The summed E-state index contributed by atoms with van der Waals surface area (Å²) in [5.74, 6) is 0.640. The van der Waals surface area contributed by atoms with Crippen molar-refractivity contribution in [3.05, 3.63) is 33.8 Å². The van der Waals surface area contributed by atoms with Crippen LogP contribution in [0.2, 0.25) is 10.0 Å². The Morgan fingerprint density at radius 1 is 1.15 bits per heavy atom. The monoisotopic (exact) mass is 335 g/mol. The van der Waals surface area contributed by atoms with Gasteiger partial charge in [0, 0.05) is 6.04 Å².